The van der Waals surface area contributed by atoms with Crippen LogP contribution in [0.25, 0.3) is 0 Å². The van der Waals surface area contributed by atoms with Crippen molar-refractivity contribution in [1.82, 2.24) is 16.2 Å². The van der Waals surface area contributed by atoms with Crippen molar-refractivity contribution >= 4 is 21.8 Å². The van der Waals surface area contributed by atoms with Crippen molar-refractivity contribution < 1.29 is 18.0 Å². The Morgan fingerprint density at radius 2 is 1.96 bits per heavy atom. The monoisotopic (exact) mass is 427 g/mol. The van der Waals surface area contributed by atoms with Crippen LogP contribution in [0.5, 0.6) is 0 Å². The molecule has 1 fully saturated rings. The van der Waals surface area contributed by atoms with E-state index in [0.717, 1.165) is 16.1 Å². The van der Waals surface area contributed by atoms with Gasteiger partial charge in [-0.2, -0.15) is 13.2 Å². The van der Waals surface area contributed by atoms with Crippen LogP contribution < -0.4 is 16.2 Å². The summed E-state index contributed by atoms with van der Waals surface area (Å²) in [5.41, 5.74) is 6.24. The van der Waals surface area contributed by atoms with Crippen LogP contribution in [-0.4, -0.2) is 12.5 Å². The molecule has 4 nitrogen and oxygen atoms in total. The molecule has 3 N–H and O–H groups in total. The van der Waals surface area contributed by atoms with Gasteiger partial charge in [-0.3, -0.25) is 10.2 Å². The van der Waals surface area contributed by atoms with E-state index in [1.165, 1.54) is 18.2 Å². The quantitative estimate of drug-likeness (QED) is 0.699. The molecule has 138 valence electrons. The fraction of sp³-hybridized carbons (Fsp3) is 0.278. The number of hydrogen-bond donors (Lipinski definition) is 3. The molecular formula is C18H17BrF3N3O. The van der Waals surface area contributed by atoms with Gasteiger partial charge in [-0.25, -0.2) is 5.43 Å². The number of nitrogens with one attached hydrogen (secondary N) is 3. The molecule has 2 atom stereocenters. The first-order valence-corrected chi connectivity index (χ1v) is 8.82. The molecule has 0 aromatic heterocycles. The predicted octanol–water partition coefficient (Wildman–Crippen LogP) is 3.55. The van der Waals surface area contributed by atoms with Crippen LogP contribution in [0.15, 0.2) is 53.0 Å². The van der Waals surface area contributed by atoms with Gasteiger partial charge in [-0.1, -0.05) is 46.3 Å². The van der Waals surface area contributed by atoms with Gasteiger partial charge in [0.05, 0.1) is 17.5 Å². The van der Waals surface area contributed by atoms with Gasteiger partial charge < -0.3 is 5.32 Å². The highest BCUT2D eigenvalue weighted by atomic mass is 79.9. The Morgan fingerprint density at radius 1 is 1.19 bits per heavy atom. The molecule has 1 saturated heterocycles. The third-order valence-corrected chi connectivity index (χ3v) is 4.80. The SMILES string of the molecule is O=C(NCc1ccccc1C(F)(F)F)C1CNNC1c1cccc(Br)c1. The van der Waals surface area contributed by atoms with E-state index >= 15 is 0 Å². The van der Waals surface area contributed by atoms with E-state index in [-0.39, 0.29) is 24.1 Å². The lowest BCUT2D eigenvalue weighted by Crippen LogP contribution is -2.35. The highest BCUT2D eigenvalue weighted by Gasteiger charge is 2.35. The number of amides is 1. The van der Waals surface area contributed by atoms with Crippen molar-refractivity contribution in [2.45, 2.75) is 18.8 Å². The second-order valence-electron chi connectivity index (χ2n) is 6.04. The first-order chi connectivity index (χ1) is 12.4. The van der Waals surface area contributed by atoms with Crippen LogP contribution >= 0.6 is 15.9 Å². The largest absolute Gasteiger partial charge is 0.416 e. The highest BCUT2D eigenvalue weighted by molar-refractivity contribution is 9.10. The minimum atomic E-state index is -4.45. The maximum Gasteiger partial charge on any atom is 0.416 e. The maximum absolute atomic E-state index is 13.1. The molecule has 0 spiro atoms. The van der Waals surface area contributed by atoms with Gasteiger partial charge in [0.1, 0.15) is 0 Å². The van der Waals surface area contributed by atoms with Gasteiger partial charge in [0.2, 0.25) is 5.91 Å². The smallest absolute Gasteiger partial charge is 0.352 e. The van der Waals surface area contributed by atoms with Gasteiger partial charge in [0.25, 0.3) is 0 Å². The summed E-state index contributed by atoms with van der Waals surface area (Å²) in [6.07, 6.45) is -4.45. The summed E-state index contributed by atoms with van der Waals surface area (Å²) in [6.45, 7) is 0.222. The van der Waals surface area contributed by atoms with Crippen LogP contribution in [0.2, 0.25) is 0 Å². The number of carbonyl (C=O) groups excluding carboxylic acids is 1. The number of carbonyl (C=O) groups is 1. The zero-order valence-corrected chi connectivity index (χ0v) is 15.2. The summed E-state index contributed by atoms with van der Waals surface area (Å²) in [4.78, 5) is 12.6. The second kappa shape index (κ2) is 7.77. The molecule has 2 aromatic carbocycles. The summed E-state index contributed by atoms with van der Waals surface area (Å²) in [5, 5.41) is 2.64. The zero-order chi connectivity index (χ0) is 18.7. The lowest BCUT2D eigenvalue weighted by molar-refractivity contribution is -0.138. The highest BCUT2D eigenvalue weighted by Crippen LogP contribution is 2.32. The summed E-state index contributed by atoms with van der Waals surface area (Å²) >= 11 is 3.40. The van der Waals surface area contributed by atoms with Gasteiger partial charge in [0, 0.05) is 17.6 Å². The van der Waals surface area contributed by atoms with E-state index in [9.17, 15) is 18.0 Å². The summed E-state index contributed by atoms with van der Waals surface area (Å²) < 4.78 is 40.1. The van der Waals surface area contributed by atoms with Crippen molar-refractivity contribution in [3.8, 4) is 0 Å². The average molecular weight is 428 g/mol. The van der Waals surface area contributed by atoms with E-state index < -0.39 is 17.7 Å². The Hall–Kier alpha value is -1.90. The molecular weight excluding hydrogens is 411 g/mol. The third-order valence-electron chi connectivity index (χ3n) is 4.30. The van der Waals surface area contributed by atoms with Crippen LogP contribution in [0.4, 0.5) is 13.2 Å². The van der Waals surface area contributed by atoms with Gasteiger partial charge in [-0.05, 0) is 29.3 Å². The number of halogens is 4. The number of benzene rings is 2. The Labute approximate surface area is 157 Å². The van der Waals surface area contributed by atoms with E-state index in [1.807, 2.05) is 24.3 Å². The Bertz CT molecular complexity index is 797. The van der Waals surface area contributed by atoms with Gasteiger partial charge in [0.15, 0.2) is 0 Å². The van der Waals surface area contributed by atoms with Crippen molar-refractivity contribution in [3.05, 3.63) is 69.7 Å². The van der Waals surface area contributed by atoms with E-state index in [1.54, 1.807) is 0 Å². The van der Waals surface area contributed by atoms with E-state index in [2.05, 4.69) is 32.1 Å². The van der Waals surface area contributed by atoms with E-state index in [0.29, 0.717) is 6.54 Å². The topological polar surface area (TPSA) is 53.2 Å². The molecule has 3 rings (SSSR count). The standard InChI is InChI=1S/C18H17BrF3N3O/c19-13-6-3-5-11(8-13)16-14(10-24-25-16)17(26)23-9-12-4-1-2-7-15(12)18(20,21)22/h1-8,14,16,24-25H,9-10H2,(H,23,26). The first-order valence-electron chi connectivity index (χ1n) is 8.03. The van der Waals surface area contributed by atoms with Crippen LogP contribution in [-0.2, 0) is 17.5 Å². The fourth-order valence-electron chi connectivity index (χ4n) is 3.02. The van der Waals surface area contributed by atoms with Crippen molar-refractivity contribution in [2.24, 2.45) is 5.92 Å². The van der Waals surface area contributed by atoms with Crippen LogP contribution in [0.1, 0.15) is 22.7 Å². The number of hydrogen-bond acceptors (Lipinski definition) is 3. The van der Waals surface area contributed by atoms with Crippen LogP contribution in [0.3, 0.4) is 0 Å². The Morgan fingerprint density at radius 3 is 2.69 bits per heavy atom. The second-order valence-corrected chi connectivity index (χ2v) is 6.95. The normalized spacial score (nSPS) is 20.2. The minimum absolute atomic E-state index is 0.0475. The number of alkyl halides is 3. The zero-order valence-electron chi connectivity index (χ0n) is 13.6. The van der Waals surface area contributed by atoms with Crippen molar-refractivity contribution in [3.63, 3.8) is 0 Å². The van der Waals surface area contributed by atoms with E-state index in [4.69, 9.17) is 0 Å². The van der Waals surface area contributed by atoms with Crippen LogP contribution in [0, 0.1) is 5.92 Å². The lowest BCUT2D eigenvalue weighted by atomic mass is 9.94. The molecule has 8 heteroatoms. The van der Waals surface area contributed by atoms with Crippen molar-refractivity contribution in [1.29, 1.82) is 0 Å². The number of hydrazine groups is 1. The molecule has 1 heterocycles. The molecule has 1 aliphatic rings. The maximum atomic E-state index is 13.1. The molecule has 2 unspecified atom stereocenters. The Kier molecular flexibility index (Phi) is 5.64. The molecule has 0 radical (unpaired) electrons. The number of rotatable bonds is 4. The summed E-state index contributed by atoms with van der Waals surface area (Å²) in [7, 11) is 0. The lowest BCUT2D eigenvalue weighted by Gasteiger charge is -2.19. The molecule has 0 saturated carbocycles. The molecule has 26 heavy (non-hydrogen) atoms. The molecule has 2 aromatic rings. The fourth-order valence-corrected chi connectivity index (χ4v) is 3.44. The van der Waals surface area contributed by atoms with Crippen molar-refractivity contribution in [2.75, 3.05) is 6.54 Å². The molecule has 0 aliphatic carbocycles. The molecule has 0 bridgehead atoms. The Balaban J connectivity index is 1.71. The summed E-state index contributed by atoms with van der Waals surface area (Å²) in [5.74, 6) is -0.730. The van der Waals surface area contributed by atoms with Gasteiger partial charge in [-0.15, -0.1) is 0 Å². The molecule has 1 amide bonds. The van der Waals surface area contributed by atoms with Gasteiger partial charge >= 0.3 is 6.18 Å². The third kappa shape index (κ3) is 4.25. The minimum Gasteiger partial charge on any atom is -0.352 e. The first kappa shape index (κ1) is 18.9. The average Bonchev–Trinajstić information content (AvgIpc) is 3.09. The summed E-state index contributed by atoms with van der Waals surface area (Å²) in [6, 6.07) is 12.6. The molecule has 1 aliphatic heterocycles. The predicted molar refractivity (Wildman–Crippen MR) is 94.8 cm³/mol.